The van der Waals surface area contributed by atoms with Gasteiger partial charge >= 0.3 is 0 Å². The first kappa shape index (κ1) is 16.7. The molecular weight excluding hydrogens is 358 g/mol. The molecule has 0 spiro atoms. The number of rotatable bonds is 1. The summed E-state index contributed by atoms with van der Waals surface area (Å²) in [6.07, 6.45) is 4.44. The number of aromatic nitrogens is 4. The van der Waals surface area contributed by atoms with E-state index in [9.17, 15) is 0 Å². The number of fused-ring (bicyclic) bond motifs is 6. The molecule has 1 atom stereocenters. The van der Waals surface area contributed by atoms with E-state index in [1.165, 1.54) is 28.0 Å². The molecule has 5 nitrogen and oxygen atoms in total. The summed E-state index contributed by atoms with van der Waals surface area (Å²) in [6, 6.07) is 13.1. The molecule has 0 saturated carbocycles. The zero-order valence-electron chi connectivity index (χ0n) is 17.1. The van der Waals surface area contributed by atoms with Crippen molar-refractivity contribution in [2.75, 3.05) is 4.90 Å². The average Bonchev–Trinajstić information content (AvgIpc) is 3.31. The van der Waals surface area contributed by atoms with Crippen LogP contribution in [0.15, 0.2) is 48.8 Å². The summed E-state index contributed by atoms with van der Waals surface area (Å²) in [5, 5.41) is 0. The van der Waals surface area contributed by atoms with Crippen molar-refractivity contribution in [3.05, 3.63) is 71.4 Å². The van der Waals surface area contributed by atoms with Gasteiger partial charge in [-0.25, -0.2) is 9.97 Å². The van der Waals surface area contributed by atoms with Crippen molar-refractivity contribution in [2.24, 2.45) is 0 Å². The second-order valence-corrected chi connectivity index (χ2v) is 8.75. The Labute approximate surface area is 170 Å². The Morgan fingerprint density at radius 1 is 1.03 bits per heavy atom. The predicted molar refractivity (Wildman–Crippen MR) is 115 cm³/mol. The van der Waals surface area contributed by atoms with Crippen molar-refractivity contribution in [1.29, 1.82) is 0 Å². The standard InChI is InChI=1S/C24H23N5/c1-14-9-10-18-16(13-20-27-17-7-5-6-8-19(17)29(18)20)21(14)28-15(2)24(3,4)22-23(28)26-12-11-25-22/h5-12,15H,13H2,1-4H3. The first-order valence-electron chi connectivity index (χ1n) is 10.2. The van der Waals surface area contributed by atoms with Gasteiger partial charge in [-0.2, -0.15) is 0 Å². The lowest BCUT2D eigenvalue weighted by molar-refractivity contribution is 0.452. The van der Waals surface area contributed by atoms with E-state index in [0.29, 0.717) is 0 Å². The Kier molecular flexibility index (Phi) is 3.14. The molecule has 0 saturated heterocycles. The molecule has 1 unspecified atom stereocenters. The molecule has 0 amide bonds. The summed E-state index contributed by atoms with van der Waals surface area (Å²) >= 11 is 0. The molecule has 4 aromatic rings. The van der Waals surface area contributed by atoms with Crippen LogP contribution in [0.2, 0.25) is 0 Å². The van der Waals surface area contributed by atoms with E-state index in [1.54, 1.807) is 12.4 Å². The van der Waals surface area contributed by atoms with E-state index in [2.05, 4.69) is 73.6 Å². The summed E-state index contributed by atoms with van der Waals surface area (Å²) in [4.78, 5) is 16.8. The first-order chi connectivity index (χ1) is 14.0. The van der Waals surface area contributed by atoms with Crippen molar-refractivity contribution < 1.29 is 0 Å². The minimum absolute atomic E-state index is 0.0718. The Morgan fingerprint density at radius 2 is 1.83 bits per heavy atom. The fraction of sp³-hybridized carbons (Fsp3) is 0.292. The van der Waals surface area contributed by atoms with Crippen LogP contribution in [0.4, 0.5) is 11.5 Å². The smallest absolute Gasteiger partial charge is 0.155 e. The van der Waals surface area contributed by atoms with Gasteiger partial charge in [-0.1, -0.05) is 32.0 Å². The number of hydrogen-bond acceptors (Lipinski definition) is 4. The number of imidazole rings is 1. The zero-order chi connectivity index (χ0) is 19.9. The molecule has 2 aromatic carbocycles. The van der Waals surface area contributed by atoms with Gasteiger partial charge in [0.15, 0.2) is 5.82 Å². The van der Waals surface area contributed by atoms with Gasteiger partial charge in [-0.3, -0.25) is 9.55 Å². The lowest BCUT2D eigenvalue weighted by Gasteiger charge is -2.32. The Hall–Kier alpha value is -3.21. The van der Waals surface area contributed by atoms with Crippen LogP contribution in [0.1, 0.15) is 43.4 Å². The van der Waals surface area contributed by atoms with Gasteiger partial charge in [0.2, 0.25) is 0 Å². The van der Waals surface area contributed by atoms with Gasteiger partial charge < -0.3 is 4.90 Å². The van der Waals surface area contributed by atoms with E-state index in [-0.39, 0.29) is 11.5 Å². The Bertz CT molecular complexity index is 1300. The number of aryl methyl sites for hydroxylation is 1. The molecule has 5 heteroatoms. The fourth-order valence-corrected chi connectivity index (χ4v) is 5.05. The van der Waals surface area contributed by atoms with Crippen LogP contribution in [0.3, 0.4) is 0 Å². The second-order valence-electron chi connectivity index (χ2n) is 8.75. The Morgan fingerprint density at radius 3 is 2.69 bits per heavy atom. The third-order valence-corrected chi connectivity index (χ3v) is 6.86. The normalized spacial score (nSPS) is 18.8. The molecule has 0 fully saturated rings. The SMILES string of the molecule is Cc1ccc2c(c1N1c3nccnc3C(C)(C)C1C)Cc1nc3ccccc3n1-2. The highest BCUT2D eigenvalue weighted by atomic mass is 15.3. The number of anilines is 2. The molecule has 144 valence electrons. The van der Waals surface area contributed by atoms with Gasteiger partial charge in [-0.05, 0) is 37.6 Å². The molecule has 0 radical (unpaired) electrons. The highest BCUT2D eigenvalue weighted by molar-refractivity contribution is 5.84. The summed E-state index contributed by atoms with van der Waals surface area (Å²) < 4.78 is 2.32. The minimum Gasteiger partial charge on any atom is -0.321 e. The monoisotopic (exact) mass is 381 g/mol. The fourth-order valence-electron chi connectivity index (χ4n) is 5.05. The summed E-state index contributed by atoms with van der Waals surface area (Å²) in [5.74, 6) is 2.09. The van der Waals surface area contributed by atoms with Crippen molar-refractivity contribution in [3.8, 4) is 5.69 Å². The molecule has 0 aliphatic carbocycles. The van der Waals surface area contributed by atoms with Crippen LogP contribution in [-0.4, -0.2) is 25.6 Å². The van der Waals surface area contributed by atoms with Gasteiger partial charge in [0.25, 0.3) is 0 Å². The van der Waals surface area contributed by atoms with Crippen molar-refractivity contribution in [3.63, 3.8) is 0 Å². The van der Waals surface area contributed by atoms with Gasteiger partial charge in [0.05, 0.1) is 28.1 Å². The van der Waals surface area contributed by atoms with E-state index in [4.69, 9.17) is 15.0 Å². The van der Waals surface area contributed by atoms with Gasteiger partial charge in [0.1, 0.15) is 5.82 Å². The highest BCUT2D eigenvalue weighted by Gasteiger charge is 2.46. The average molecular weight is 381 g/mol. The molecule has 0 bridgehead atoms. The first-order valence-corrected chi connectivity index (χ1v) is 10.2. The van der Waals surface area contributed by atoms with E-state index in [1.807, 2.05) is 0 Å². The number of hydrogen-bond donors (Lipinski definition) is 0. The van der Waals surface area contributed by atoms with Crippen LogP contribution < -0.4 is 4.90 Å². The lowest BCUT2D eigenvalue weighted by Crippen LogP contribution is -2.37. The van der Waals surface area contributed by atoms with E-state index in [0.717, 1.165) is 29.3 Å². The molecule has 2 aromatic heterocycles. The number of para-hydroxylation sites is 2. The maximum absolute atomic E-state index is 4.91. The third-order valence-electron chi connectivity index (χ3n) is 6.86. The van der Waals surface area contributed by atoms with E-state index < -0.39 is 0 Å². The summed E-state index contributed by atoms with van der Waals surface area (Å²) in [6.45, 7) is 9.01. The molecule has 4 heterocycles. The molecular formula is C24H23N5. The van der Waals surface area contributed by atoms with Crippen molar-refractivity contribution in [2.45, 2.75) is 45.6 Å². The predicted octanol–water partition coefficient (Wildman–Crippen LogP) is 4.85. The summed E-state index contributed by atoms with van der Waals surface area (Å²) in [7, 11) is 0. The van der Waals surface area contributed by atoms with Crippen LogP contribution in [-0.2, 0) is 11.8 Å². The van der Waals surface area contributed by atoms with Crippen molar-refractivity contribution >= 4 is 22.5 Å². The summed E-state index contributed by atoms with van der Waals surface area (Å²) in [5.41, 5.74) is 8.32. The quantitative estimate of drug-likeness (QED) is 0.417. The molecule has 6 rings (SSSR count). The van der Waals surface area contributed by atoms with Crippen molar-refractivity contribution in [1.82, 2.24) is 19.5 Å². The van der Waals surface area contributed by atoms with Gasteiger partial charge in [-0.15, -0.1) is 0 Å². The zero-order valence-corrected chi connectivity index (χ0v) is 17.1. The molecule has 2 aliphatic rings. The van der Waals surface area contributed by atoms with Crippen LogP contribution >= 0.6 is 0 Å². The third kappa shape index (κ3) is 2.02. The number of nitrogens with zero attached hydrogens (tertiary/aromatic N) is 5. The molecule has 29 heavy (non-hydrogen) atoms. The largest absolute Gasteiger partial charge is 0.321 e. The van der Waals surface area contributed by atoms with Crippen LogP contribution in [0.5, 0.6) is 0 Å². The van der Waals surface area contributed by atoms with Crippen LogP contribution in [0, 0.1) is 6.92 Å². The highest BCUT2D eigenvalue weighted by Crippen LogP contribution is 2.50. The molecule has 2 aliphatic heterocycles. The topological polar surface area (TPSA) is 46.8 Å². The maximum Gasteiger partial charge on any atom is 0.155 e. The Balaban J connectivity index is 1.61. The van der Waals surface area contributed by atoms with Gasteiger partial charge in [0, 0.05) is 35.8 Å². The van der Waals surface area contributed by atoms with E-state index >= 15 is 0 Å². The second kappa shape index (κ2) is 5.44. The molecule has 0 N–H and O–H groups in total. The lowest BCUT2D eigenvalue weighted by atomic mass is 9.84. The van der Waals surface area contributed by atoms with Crippen LogP contribution in [0.25, 0.3) is 16.7 Å². The number of benzene rings is 2. The maximum atomic E-state index is 4.91. The minimum atomic E-state index is -0.0718.